The van der Waals surface area contributed by atoms with Crippen LogP contribution < -0.4 is 10.6 Å². The zero-order valence-electron chi connectivity index (χ0n) is 17.3. The van der Waals surface area contributed by atoms with E-state index in [1.54, 1.807) is 31.6 Å². The third kappa shape index (κ3) is 4.62. The van der Waals surface area contributed by atoms with Crippen LogP contribution >= 0.6 is 0 Å². The maximum Gasteiger partial charge on any atom is 0.256 e. The SMILES string of the molecule is COCCCN1C(=O)c2ccccc2[C@H]1Nc1cccc(C(=O)NCc2ccco2)c1. The molecule has 0 saturated carbocycles. The molecule has 0 radical (unpaired) electrons. The molecule has 1 aliphatic rings. The van der Waals surface area contributed by atoms with Crippen molar-refractivity contribution in [3.8, 4) is 0 Å². The molecule has 0 aliphatic carbocycles. The first-order valence-electron chi connectivity index (χ1n) is 10.2. The standard InChI is InChI=1S/C24H25N3O4/c1-30-13-6-12-27-22(20-10-2-3-11-21(20)24(27)29)26-18-8-4-7-17(15-18)23(28)25-16-19-9-5-14-31-19/h2-5,7-11,14-15,22,26H,6,12-13,16H2,1H3,(H,25,28)/t22-/m0/s1. The van der Waals surface area contributed by atoms with Gasteiger partial charge in [0, 0.05) is 42.6 Å². The van der Waals surface area contributed by atoms with Crippen LogP contribution in [0.2, 0.25) is 0 Å². The number of carbonyl (C=O) groups excluding carboxylic acids is 2. The summed E-state index contributed by atoms with van der Waals surface area (Å²) in [6.07, 6.45) is 2.01. The van der Waals surface area contributed by atoms with E-state index in [1.807, 2.05) is 47.4 Å². The fraction of sp³-hybridized carbons (Fsp3) is 0.250. The fourth-order valence-electron chi connectivity index (χ4n) is 3.73. The Morgan fingerprint density at radius 3 is 2.81 bits per heavy atom. The highest BCUT2D eigenvalue weighted by Crippen LogP contribution is 2.34. The van der Waals surface area contributed by atoms with E-state index in [4.69, 9.17) is 9.15 Å². The predicted octanol–water partition coefficient (Wildman–Crippen LogP) is 3.81. The van der Waals surface area contributed by atoms with Crippen molar-refractivity contribution in [3.63, 3.8) is 0 Å². The average molecular weight is 419 g/mol. The van der Waals surface area contributed by atoms with Crippen molar-refractivity contribution in [1.82, 2.24) is 10.2 Å². The van der Waals surface area contributed by atoms with Crippen molar-refractivity contribution in [2.24, 2.45) is 0 Å². The van der Waals surface area contributed by atoms with Crippen LogP contribution in [0.1, 0.15) is 44.6 Å². The monoisotopic (exact) mass is 419 g/mol. The fourth-order valence-corrected chi connectivity index (χ4v) is 3.73. The van der Waals surface area contributed by atoms with Gasteiger partial charge in [-0.05, 0) is 42.8 Å². The second-order valence-electron chi connectivity index (χ2n) is 7.32. The van der Waals surface area contributed by atoms with E-state index in [2.05, 4.69) is 10.6 Å². The molecule has 31 heavy (non-hydrogen) atoms. The van der Waals surface area contributed by atoms with Crippen LogP contribution in [0.4, 0.5) is 5.69 Å². The molecule has 7 nitrogen and oxygen atoms in total. The quantitative estimate of drug-likeness (QED) is 0.515. The van der Waals surface area contributed by atoms with Gasteiger partial charge in [-0.25, -0.2) is 0 Å². The van der Waals surface area contributed by atoms with Gasteiger partial charge in [-0.2, -0.15) is 0 Å². The molecule has 4 rings (SSSR count). The number of nitrogens with zero attached hydrogens (tertiary/aromatic N) is 1. The molecule has 1 aromatic heterocycles. The highest BCUT2D eigenvalue weighted by molar-refractivity contribution is 5.99. The summed E-state index contributed by atoms with van der Waals surface area (Å²) in [7, 11) is 1.65. The van der Waals surface area contributed by atoms with Crippen molar-refractivity contribution in [1.29, 1.82) is 0 Å². The van der Waals surface area contributed by atoms with Crippen LogP contribution in [0.15, 0.2) is 71.3 Å². The van der Waals surface area contributed by atoms with Crippen molar-refractivity contribution in [3.05, 3.63) is 89.4 Å². The third-order valence-electron chi connectivity index (χ3n) is 5.24. The lowest BCUT2D eigenvalue weighted by molar-refractivity contribution is 0.0721. The van der Waals surface area contributed by atoms with Gasteiger partial charge in [0.05, 0.1) is 12.8 Å². The Morgan fingerprint density at radius 1 is 1.13 bits per heavy atom. The summed E-state index contributed by atoms with van der Waals surface area (Å²) in [5.41, 5.74) is 2.92. The zero-order chi connectivity index (χ0) is 21.6. The Labute approximate surface area is 181 Å². The molecule has 2 N–H and O–H groups in total. The number of hydrogen-bond donors (Lipinski definition) is 2. The number of benzene rings is 2. The molecule has 0 fully saturated rings. The molecule has 7 heteroatoms. The highest BCUT2D eigenvalue weighted by Gasteiger charge is 2.36. The largest absolute Gasteiger partial charge is 0.467 e. The molecular formula is C24H25N3O4. The summed E-state index contributed by atoms with van der Waals surface area (Å²) in [5.74, 6) is 0.492. The number of carbonyl (C=O) groups is 2. The van der Waals surface area contributed by atoms with E-state index in [-0.39, 0.29) is 18.0 Å². The number of amides is 2. The molecule has 0 saturated heterocycles. The lowest BCUT2D eigenvalue weighted by Gasteiger charge is -2.27. The molecule has 0 bridgehead atoms. The van der Waals surface area contributed by atoms with E-state index >= 15 is 0 Å². The summed E-state index contributed by atoms with van der Waals surface area (Å²) in [6, 6.07) is 18.5. The first-order valence-corrected chi connectivity index (χ1v) is 10.2. The van der Waals surface area contributed by atoms with Crippen molar-refractivity contribution < 1.29 is 18.7 Å². The van der Waals surface area contributed by atoms with E-state index in [1.165, 1.54) is 0 Å². The van der Waals surface area contributed by atoms with E-state index in [0.717, 1.165) is 17.7 Å². The number of fused-ring (bicyclic) bond motifs is 1. The molecule has 0 spiro atoms. The minimum absolute atomic E-state index is 0.00320. The molecule has 2 amide bonds. The Balaban J connectivity index is 1.50. The topological polar surface area (TPSA) is 83.8 Å². The minimum Gasteiger partial charge on any atom is -0.467 e. The van der Waals surface area contributed by atoms with Gasteiger partial charge in [0.15, 0.2) is 0 Å². The van der Waals surface area contributed by atoms with Gasteiger partial charge in [-0.1, -0.05) is 24.3 Å². The van der Waals surface area contributed by atoms with Gasteiger partial charge >= 0.3 is 0 Å². The second kappa shape index (κ2) is 9.49. The lowest BCUT2D eigenvalue weighted by atomic mass is 10.1. The molecule has 1 aliphatic heterocycles. The van der Waals surface area contributed by atoms with E-state index < -0.39 is 0 Å². The summed E-state index contributed by atoms with van der Waals surface area (Å²) in [5, 5.41) is 6.28. The maximum absolute atomic E-state index is 12.9. The number of anilines is 1. The van der Waals surface area contributed by atoms with Gasteiger partial charge in [0.2, 0.25) is 0 Å². The Morgan fingerprint density at radius 2 is 2.00 bits per heavy atom. The van der Waals surface area contributed by atoms with Crippen LogP contribution in [-0.2, 0) is 11.3 Å². The molecule has 2 heterocycles. The van der Waals surface area contributed by atoms with Gasteiger partial charge in [0.1, 0.15) is 11.9 Å². The number of hydrogen-bond acceptors (Lipinski definition) is 5. The summed E-state index contributed by atoms with van der Waals surface area (Å²) >= 11 is 0. The normalized spacial score (nSPS) is 15.1. The number of nitrogens with one attached hydrogen (secondary N) is 2. The summed E-state index contributed by atoms with van der Waals surface area (Å²) < 4.78 is 10.4. The number of methoxy groups -OCH3 is 1. The van der Waals surface area contributed by atoms with Crippen LogP contribution in [0, 0.1) is 0 Å². The number of ether oxygens (including phenoxy) is 1. The minimum atomic E-state index is -0.304. The van der Waals surface area contributed by atoms with Gasteiger partial charge in [-0.15, -0.1) is 0 Å². The molecule has 160 valence electrons. The summed E-state index contributed by atoms with van der Waals surface area (Å²) in [4.78, 5) is 27.3. The second-order valence-corrected chi connectivity index (χ2v) is 7.32. The van der Waals surface area contributed by atoms with Crippen LogP contribution in [0.3, 0.4) is 0 Å². The first-order chi connectivity index (χ1) is 15.2. The Bertz CT molecular complexity index is 1050. The number of furan rings is 1. The maximum atomic E-state index is 12.9. The smallest absolute Gasteiger partial charge is 0.256 e. The molecule has 3 aromatic rings. The van der Waals surface area contributed by atoms with E-state index in [9.17, 15) is 9.59 Å². The summed E-state index contributed by atoms with van der Waals surface area (Å²) in [6.45, 7) is 1.47. The van der Waals surface area contributed by atoms with Crippen LogP contribution in [0.25, 0.3) is 0 Å². The van der Waals surface area contributed by atoms with E-state index in [0.29, 0.717) is 36.6 Å². The number of rotatable bonds is 9. The Hall–Kier alpha value is -3.58. The van der Waals surface area contributed by atoms with Gasteiger partial charge in [-0.3, -0.25) is 9.59 Å². The molecule has 0 unspecified atom stereocenters. The van der Waals surface area contributed by atoms with Crippen LogP contribution in [-0.4, -0.2) is 37.0 Å². The van der Waals surface area contributed by atoms with Crippen LogP contribution in [0.5, 0.6) is 0 Å². The average Bonchev–Trinajstić information content (AvgIpc) is 3.41. The molecular weight excluding hydrogens is 394 g/mol. The molecule has 1 atom stereocenters. The van der Waals surface area contributed by atoms with Crippen molar-refractivity contribution in [2.75, 3.05) is 25.6 Å². The zero-order valence-corrected chi connectivity index (χ0v) is 17.3. The Kier molecular flexibility index (Phi) is 6.33. The first kappa shape index (κ1) is 20.7. The van der Waals surface area contributed by atoms with Crippen molar-refractivity contribution in [2.45, 2.75) is 19.1 Å². The lowest BCUT2D eigenvalue weighted by Crippen LogP contribution is -2.33. The predicted molar refractivity (Wildman–Crippen MR) is 117 cm³/mol. The van der Waals surface area contributed by atoms with Crippen molar-refractivity contribution >= 4 is 17.5 Å². The van der Waals surface area contributed by atoms with Gasteiger partial charge in [0.25, 0.3) is 11.8 Å². The molecule has 2 aromatic carbocycles. The highest BCUT2D eigenvalue weighted by atomic mass is 16.5. The van der Waals surface area contributed by atoms with Gasteiger partial charge < -0.3 is 24.7 Å². The third-order valence-corrected chi connectivity index (χ3v) is 5.24.